The van der Waals surface area contributed by atoms with Crippen LogP contribution in [0.1, 0.15) is 16.7 Å². The van der Waals surface area contributed by atoms with E-state index in [-0.39, 0.29) is 0 Å². The zero-order valence-electron chi connectivity index (χ0n) is 15.0. The van der Waals surface area contributed by atoms with Crippen molar-refractivity contribution in [3.63, 3.8) is 0 Å². The Morgan fingerprint density at radius 3 is 2.77 bits per heavy atom. The first kappa shape index (κ1) is 18.4. The van der Waals surface area contributed by atoms with Crippen molar-refractivity contribution in [2.45, 2.75) is 13.1 Å². The monoisotopic (exact) mass is 351 g/mol. The van der Waals surface area contributed by atoms with Crippen molar-refractivity contribution in [1.82, 2.24) is 10.2 Å². The fraction of sp³-hybridized carbons (Fsp3) is 0.381. The summed E-state index contributed by atoms with van der Waals surface area (Å²) in [6.07, 6.45) is 0. The van der Waals surface area contributed by atoms with Crippen molar-refractivity contribution < 1.29 is 9.47 Å². The Bertz CT molecular complexity index is 736. The van der Waals surface area contributed by atoms with E-state index in [2.05, 4.69) is 22.4 Å². The minimum absolute atomic E-state index is 0.682. The number of nitrogens with zero attached hydrogens (tertiary/aromatic N) is 2. The van der Waals surface area contributed by atoms with Crippen molar-refractivity contribution in [2.24, 2.45) is 0 Å². The molecule has 0 aromatic heterocycles. The van der Waals surface area contributed by atoms with Crippen LogP contribution in [0, 0.1) is 11.3 Å². The molecule has 1 aliphatic heterocycles. The Balaban J connectivity index is 1.47. The lowest BCUT2D eigenvalue weighted by Crippen LogP contribution is -2.38. The Kier molecular flexibility index (Phi) is 7.03. The molecule has 1 N–H and O–H groups in total. The molecule has 2 aromatic carbocycles. The fourth-order valence-corrected chi connectivity index (χ4v) is 2.99. The highest BCUT2D eigenvalue weighted by Gasteiger charge is 2.10. The van der Waals surface area contributed by atoms with Gasteiger partial charge in [0.2, 0.25) is 0 Å². The van der Waals surface area contributed by atoms with Crippen LogP contribution in [0.25, 0.3) is 0 Å². The zero-order valence-corrected chi connectivity index (χ0v) is 15.0. The fourth-order valence-electron chi connectivity index (χ4n) is 2.99. The molecule has 0 saturated carbocycles. The number of benzene rings is 2. The lowest BCUT2D eigenvalue weighted by molar-refractivity contribution is 0.0322. The average Bonchev–Trinajstić information content (AvgIpc) is 2.70. The molecule has 0 amide bonds. The Hall–Kier alpha value is -2.39. The summed E-state index contributed by atoms with van der Waals surface area (Å²) in [6.45, 7) is 6.64. The van der Waals surface area contributed by atoms with Crippen LogP contribution in [0.4, 0.5) is 0 Å². The summed E-state index contributed by atoms with van der Waals surface area (Å²) in [6, 6.07) is 18.0. The van der Waals surface area contributed by atoms with Gasteiger partial charge >= 0.3 is 0 Å². The lowest BCUT2D eigenvalue weighted by atomic mass is 10.1. The summed E-state index contributed by atoms with van der Waals surface area (Å²) in [5.41, 5.74) is 2.94. The minimum Gasteiger partial charge on any atom is -0.492 e. The SMILES string of the molecule is N#Cc1cccc(CNCc2ccccc2OCCN2CCOCC2)c1. The molecule has 2 aromatic rings. The van der Waals surface area contributed by atoms with E-state index in [1.165, 1.54) is 0 Å². The number of rotatable bonds is 8. The third-order valence-electron chi connectivity index (χ3n) is 4.44. The first-order chi connectivity index (χ1) is 12.8. The van der Waals surface area contributed by atoms with Gasteiger partial charge in [-0.25, -0.2) is 0 Å². The Labute approximate surface area is 155 Å². The highest BCUT2D eigenvalue weighted by Crippen LogP contribution is 2.18. The zero-order chi connectivity index (χ0) is 18.0. The molecule has 5 nitrogen and oxygen atoms in total. The van der Waals surface area contributed by atoms with E-state index in [1.807, 2.05) is 42.5 Å². The molecule has 3 rings (SSSR count). The summed E-state index contributed by atoms with van der Waals surface area (Å²) < 4.78 is 11.4. The second-order valence-corrected chi connectivity index (χ2v) is 6.33. The van der Waals surface area contributed by atoms with Gasteiger partial charge in [-0.05, 0) is 23.8 Å². The number of nitrogens with one attached hydrogen (secondary N) is 1. The van der Waals surface area contributed by atoms with Gasteiger partial charge in [0.25, 0.3) is 0 Å². The topological polar surface area (TPSA) is 57.5 Å². The Morgan fingerprint density at radius 2 is 1.92 bits per heavy atom. The van der Waals surface area contributed by atoms with Crippen LogP contribution in [0.2, 0.25) is 0 Å². The van der Waals surface area contributed by atoms with E-state index in [9.17, 15) is 0 Å². The Morgan fingerprint density at radius 1 is 1.08 bits per heavy atom. The number of ether oxygens (including phenoxy) is 2. The van der Waals surface area contributed by atoms with Crippen molar-refractivity contribution in [1.29, 1.82) is 5.26 Å². The smallest absolute Gasteiger partial charge is 0.123 e. The summed E-state index contributed by atoms with van der Waals surface area (Å²) in [7, 11) is 0. The molecule has 0 spiro atoms. The molecule has 0 atom stereocenters. The second-order valence-electron chi connectivity index (χ2n) is 6.33. The molecule has 26 heavy (non-hydrogen) atoms. The largest absolute Gasteiger partial charge is 0.492 e. The van der Waals surface area contributed by atoms with Crippen molar-refractivity contribution in [3.8, 4) is 11.8 Å². The van der Waals surface area contributed by atoms with Crippen LogP contribution in [0.5, 0.6) is 5.75 Å². The van der Waals surface area contributed by atoms with Gasteiger partial charge < -0.3 is 14.8 Å². The third-order valence-corrected chi connectivity index (χ3v) is 4.44. The normalized spacial score (nSPS) is 14.7. The molecule has 0 unspecified atom stereocenters. The van der Waals surface area contributed by atoms with E-state index in [1.54, 1.807) is 0 Å². The third kappa shape index (κ3) is 5.57. The molecule has 5 heteroatoms. The predicted octanol–water partition coefficient (Wildman–Crippen LogP) is 2.56. The maximum Gasteiger partial charge on any atom is 0.123 e. The van der Waals surface area contributed by atoms with Gasteiger partial charge in [0, 0.05) is 38.3 Å². The van der Waals surface area contributed by atoms with Gasteiger partial charge in [-0.15, -0.1) is 0 Å². The highest BCUT2D eigenvalue weighted by molar-refractivity contribution is 5.34. The van der Waals surface area contributed by atoms with Gasteiger partial charge in [0.15, 0.2) is 0 Å². The molecule has 1 aliphatic rings. The van der Waals surface area contributed by atoms with Gasteiger partial charge in [-0.3, -0.25) is 4.90 Å². The molecule has 136 valence electrons. The minimum atomic E-state index is 0.682. The quantitative estimate of drug-likeness (QED) is 0.792. The van der Waals surface area contributed by atoms with Crippen LogP contribution in [-0.4, -0.2) is 44.4 Å². The molecular weight excluding hydrogens is 326 g/mol. The summed E-state index contributed by atoms with van der Waals surface area (Å²) in [5, 5.41) is 12.4. The van der Waals surface area contributed by atoms with Crippen LogP contribution < -0.4 is 10.1 Å². The predicted molar refractivity (Wildman–Crippen MR) is 101 cm³/mol. The molecular formula is C21H25N3O2. The summed E-state index contributed by atoms with van der Waals surface area (Å²) >= 11 is 0. The van der Waals surface area contributed by atoms with E-state index < -0.39 is 0 Å². The van der Waals surface area contributed by atoms with Crippen LogP contribution in [0.3, 0.4) is 0 Å². The number of para-hydroxylation sites is 1. The van der Waals surface area contributed by atoms with E-state index >= 15 is 0 Å². The van der Waals surface area contributed by atoms with E-state index in [4.69, 9.17) is 14.7 Å². The van der Waals surface area contributed by atoms with Crippen LogP contribution in [-0.2, 0) is 17.8 Å². The van der Waals surface area contributed by atoms with Gasteiger partial charge in [0.05, 0.1) is 24.8 Å². The molecule has 1 heterocycles. The summed E-state index contributed by atoms with van der Waals surface area (Å²) in [5.74, 6) is 0.930. The van der Waals surface area contributed by atoms with Crippen molar-refractivity contribution in [3.05, 3.63) is 65.2 Å². The van der Waals surface area contributed by atoms with Gasteiger partial charge in [0.1, 0.15) is 12.4 Å². The number of nitriles is 1. The molecule has 0 bridgehead atoms. The molecule has 1 fully saturated rings. The van der Waals surface area contributed by atoms with Gasteiger partial charge in [-0.1, -0.05) is 30.3 Å². The maximum atomic E-state index is 8.98. The maximum absolute atomic E-state index is 8.98. The molecule has 1 saturated heterocycles. The van der Waals surface area contributed by atoms with E-state index in [0.717, 1.165) is 62.8 Å². The molecule has 0 radical (unpaired) electrons. The van der Waals surface area contributed by atoms with Crippen molar-refractivity contribution in [2.75, 3.05) is 39.5 Å². The van der Waals surface area contributed by atoms with Crippen LogP contribution >= 0.6 is 0 Å². The first-order valence-electron chi connectivity index (χ1n) is 9.06. The average molecular weight is 351 g/mol. The molecule has 0 aliphatic carbocycles. The highest BCUT2D eigenvalue weighted by atomic mass is 16.5. The van der Waals surface area contributed by atoms with E-state index in [0.29, 0.717) is 12.2 Å². The second kappa shape index (κ2) is 9.93. The van der Waals surface area contributed by atoms with Crippen LogP contribution in [0.15, 0.2) is 48.5 Å². The number of hydrogen-bond acceptors (Lipinski definition) is 5. The number of hydrogen-bond donors (Lipinski definition) is 1. The van der Waals surface area contributed by atoms with Gasteiger partial charge in [-0.2, -0.15) is 5.26 Å². The summed E-state index contributed by atoms with van der Waals surface area (Å²) in [4.78, 5) is 2.37. The standard InChI is InChI=1S/C21H25N3O2/c22-15-18-4-3-5-19(14-18)16-23-17-20-6-1-2-7-21(20)26-13-10-24-8-11-25-12-9-24/h1-7,14,23H,8-13,16-17H2. The first-order valence-corrected chi connectivity index (χ1v) is 9.06. The lowest BCUT2D eigenvalue weighted by Gasteiger charge is -2.26. The van der Waals surface area contributed by atoms with Crippen molar-refractivity contribution >= 4 is 0 Å². The number of morpholine rings is 1.